The molecule has 0 radical (unpaired) electrons. The summed E-state index contributed by atoms with van der Waals surface area (Å²) >= 11 is 0. The van der Waals surface area contributed by atoms with Gasteiger partial charge in [-0.3, -0.25) is 0 Å². The number of carbonyl (C=O) groups excluding carboxylic acids is 1. The molecule has 0 spiro atoms. The van der Waals surface area contributed by atoms with E-state index >= 15 is 0 Å². The van der Waals surface area contributed by atoms with Crippen LogP contribution in [0.2, 0.25) is 0 Å². The summed E-state index contributed by atoms with van der Waals surface area (Å²) in [5.74, 6) is 0. The summed E-state index contributed by atoms with van der Waals surface area (Å²) in [6, 6.07) is -0.139. The summed E-state index contributed by atoms with van der Waals surface area (Å²) in [5, 5.41) is 2.56. The molecule has 16 heavy (non-hydrogen) atoms. The number of rotatable bonds is 4. The van der Waals surface area contributed by atoms with Gasteiger partial charge in [0, 0.05) is 19.1 Å². The van der Waals surface area contributed by atoms with Gasteiger partial charge in [-0.05, 0) is 19.8 Å². The van der Waals surface area contributed by atoms with Crippen molar-refractivity contribution in [3.05, 3.63) is 0 Å². The van der Waals surface area contributed by atoms with Crippen LogP contribution in [-0.2, 0) is 14.8 Å². The number of sulfonamides is 1. The maximum absolute atomic E-state index is 11.4. The Labute approximate surface area is 96.0 Å². The normalized spacial score (nSPS) is 22.0. The van der Waals surface area contributed by atoms with E-state index in [1.165, 1.54) is 10.6 Å². The Morgan fingerprint density at radius 3 is 2.81 bits per heavy atom. The van der Waals surface area contributed by atoms with E-state index in [2.05, 4.69) is 5.32 Å². The predicted molar refractivity (Wildman–Crippen MR) is 59.6 cm³/mol. The Balaban J connectivity index is 2.45. The molecule has 1 aliphatic rings. The second-order valence-corrected chi connectivity index (χ2v) is 5.71. The number of hydrogen-bond donors (Lipinski definition) is 1. The second-order valence-electron chi connectivity index (χ2n) is 3.77. The third-order valence-corrected chi connectivity index (χ3v) is 3.84. The molecule has 0 saturated carbocycles. The van der Waals surface area contributed by atoms with Gasteiger partial charge in [-0.25, -0.2) is 13.2 Å². The molecule has 1 N–H and O–H groups in total. The van der Waals surface area contributed by atoms with Crippen LogP contribution in [0.3, 0.4) is 0 Å². The van der Waals surface area contributed by atoms with E-state index in [9.17, 15) is 13.2 Å². The van der Waals surface area contributed by atoms with Crippen molar-refractivity contribution >= 4 is 16.1 Å². The molecule has 1 rings (SSSR count). The molecular formula is C9H18N2O4S. The van der Waals surface area contributed by atoms with E-state index in [1.807, 2.05) is 0 Å². The van der Waals surface area contributed by atoms with Crippen molar-refractivity contribution in [2.24, 2.45) is 0 Å². The second kappa shape index (κ2) is 5.49. The molecule has 94 valence electrons. The summed E-state index contributed by atoms with van der Waals surface area (Å²) in [6.07, 6.45) is 2.31. The topological polar surface area (TPSA) is 75.7 Å². The van der Waals surface area contributed by atoms with Gasteiger partial charge in [0.05, 0.1) is 12.9 Å². The lowest BCUT2D eigenvalue weighted by atomic mass is 10.2. The first-order chi connectivity index (χ1) is 7.45. The van der Waals surface area contributed by atoms with Crippen molar-refractivity contribution in [3.8, 4) is 0 Å². The molecule has 0 bridgehead atoms. The number of nitrogens with one attached hydrogen (secondary N) is 1. The summed E-state index contributed by atoms with van der Waals surface area (Å²) < 4.78 is 28.9. The quantitative estimate of drug-likeness (QED) is 0.771. The zero-order chi connectivity index (χ0) is 12.2. The summed E-state index contributed by atoms with van der Waals surface area (Å²) in [5.41, 5.74) is 0. The molecule has 7 heteroatoms. The van der Waals surface area contributed by atoms with Crippen molar-refractivity contribution in [2.75, 3.05) is 26.0 Å². The molecule has 0 aromatic carbocycles. The van der Waals surface area contributed by atoms with Crippen LogP contribution in [0.15, 0.2) is 0 Å². The van der Waals surface area contributed by atoms with Gasteiger partial charge in [-0.15, -0.1) is 0 Å². The molecular weight excluding hydrogens is 232 g/mol. The number of amides is 1. The fourth-order valence-corrected chi connectivity index (χ4v) is 3.02. The highest BCUT2D eigenvalue weighted by atomic mass is 32.2. The van der Waals surface area contributed by atoms with Gasteiger partial charge in [0.1, 0.15) is 0 Å². The van der Waals surface area contributed by atoms with E-state index < -0.39 is 16.1 Å². The number of nitrogens with zero attached hydrogens (tertiary/aromatic N) is 1. The van der Waals surface area contributed by atoms with Crippen LogP contribution in [0.25, 0.3) is 0 Å². The van der Waals surface area contributed by atoms with E-state index in [1.54, 1.807) is 6.92 Å². The van der Waals surface area contributed by atoms with Crippen molar-refractivity contribution < 1.29 is 17.9 Å². The third kappa shape index (κ3) is 3.64. The fraction of sp³-hybridized carbons (Fsp3) is 0.889. The van der Waals surface area contributed by atoms with E-state index in [0.717, 1.165) is 12.8 Å². The lowest BCUT2D eigenvalue weighted by molar-refractivity contribution is 0.150. The molecule has 6 nitrogen and oxygen atoms in total. The minimum Gasteiger partial charge on any atom is -0.450 e. The average molecular weight is 250 g/mol. The molecule has 1 heterocycles. The highest BCUT2D eigenvalue weighted by Gasteiger charge is 2.31. The van der Waals surface area contributed by atoms with E-state index in [-0.39, 0.29) is 6.04 Å². The van der Waals surface area contributed by atoms with Gasteiger partial charge in [-0.1, -0.05) is 0 Å². The van der Waals surface area contributed by atoms with E-state index in [0.29, 0.717) is 19.7 Å². The van der Waals surface area contributed by atoms with Gasteiger partial charge in [-0.2, -0.15) is 4.31 Å². The molecule has 1 aliphatic heterocycles. The summed E-state index contributed by atoms with van der Waals surface area (Å²) in [4.78, 5) is 11.1. The van der Waals surface area contributed by atoms with Gasteiger partial charge < -0.3 is 10.1 Å². The van der Waals surface area contributed by atoms with Crippen LogP contribution in [0, 0.1) is 0 Å². The highest BCUT2D eigenvalue weighted by Crippen LogP contribution is 2.19. The van der Waals surface area contributed by atoms with E-state index in [4.69, 9.17) is 4.74 Å². The number of hydrogen-bond acceptors (Lipinski definition) is 4. The summed E-state index contributed by atoms with van der Waals surface area (Å²) in [7, 11) is -3.17. The Morgan fingerprint density at radius 1 is 1.56 bits per heavy atom. The highest BCUT2D eigenvalue weighted by molar-refractivity contribution is 7.88. The molecule has 1 fully saturated rings. The van der Waals surface area contributed by atoms with Crippen molar-refractivity contribution in [3.63, 3.8) is 0 Å². The van der Waals surface area contributed by atoms with Crippen molar-refractivity contribution in [2.45, 2.75) is 25.8 Å². The van der Waals surface area contributed by atoms with Crippen LogP contribution < -0.4 is 5.32 Å². The smallest absolute Gasteiger partial charge is 0.407 e. The standard InChI is InChI=1S/C9H18N2O4S/c1-3-15-9(12)10-7-8-5-4-6-11(8)16(2,13)14/h8H,3-7H2,1-2H3,(H,10,12). The zero-order valence-electron chi connectivity index (χ0n) is 9.60. The Kier molecular flexibility index (Phi) is 4.55. The minimum atomic E-state index is -3.17. The molecule has 0 aliphatic carbocycles. The first-order valence-corrected chi connectivity index (χ1v) is 7.17. The molecule has 1 atom stereocenters. The number of carbonyl (C=O) groups is 1. The van der Waals surface area contributed by atoms with Gasteiger partial charge in [0.2, 0.25) is 10.0 Å². The first kappa shape index (κ1) is 13.2. The SMILES string of the molecule is CCOC(=O)NCC1CCCN1S(C)(=O)=O. The van der Waals surface area contributed by atoms with Crippen LogP contribution in [0.4, 0.5) is 4.79 Å². The maximum atomic E-state index is 11.4. The van der Waals surface area contributed by atoms with Crippen LogP contribution in [0.5, 0.6) is 0 Å². The zero-order valence-corrected chi connectivity index (χ0v) is 10.4. The molecule has 1 unspecified atom stereocenters. The van der Waals surface area contributed by atoms with Crippen molar-refractivity contribution in [1.82, 2.24) is 9.62 Å². The monoisotopic (exact) mass is 250 g/mol. The Bertz CT molecular complexity index is 341. The van der Waals surface area contributed by atoms with Gasteiger partial charge >= 0.3 is 6.09 Å². The summed E-state index contributed by atoms with van der Waals surface area (Å²) in [6.45, 7) is 2.88. The molecule has 0 aromatic heterocycles. The third-order valence-electron chi connectivity index (χ3n) is 2.51. The van der Waals surface area contributed by atoms with Crippen LogP contribution >= 0.6 is 0 Å². The Morgan fingerprint density at radius 2 is 2.25 bits per heavy atom. The number of ether oxygens (including phenoxy) is 1. The predicted octanol–water partition coefficient (Wildman–Crippen LogP) is 0.157. The van der Waals surface area contributed by atoms with Crippen LogP contribution in [0.1, 0.15) is 19.8 Å². The van der Waals surface area contributed by atoms with Gasteiger partial charge in [0.25, 0.3) is 0 Å². The van der Waals surface area contributed by atoms with Crippen LogP contribution in [-0.4, -0.2) is 50.8 Å². The molecule has 1 saturated heterocycles. The van der Waals surface area contributed by atoms with Gasteiger partial charge in [0.15, 0.2) is 0 Å². The average Bonchev–Trinajstić information content (AvgIpc) is 2.62. The maximum Gasteiger partial charge on any atom is 0.407 e. The lowest BCUT2D eigenvalue weighted by Gasteiger charge is -2.22. The molecule has 0 aromatic rings. The first-order valence-electron chi connectivity index (χ1n) is 5.32. The number of alkyl carbamates (subject to hydrolysis) is 1. The fourth-order valence-electron chi connectivity index (χ4n) is 1.83. The van der Waals surface area contributed by atoms with Crippen molar-refractivity contribution in [1.29, 1.82) is 0 Å². The molecule has 1 amide bonds. The Hall–Kier alpha value is -0.820. The lowest BCUT2D eigenvalue weighted by Crippen LogP contribution is -2.42. The largest absolute Gasteiger partial charge is 0.450 e. The minimum absolute atomic E-state index is 0.139.